The molecule has 0 fully saturated rings. The Bertz CT molecular complexity index is 1030. The summed E-state index contributed by atoms with van der Waals surface area (Å²) in [5.74, 6) is -0.735. The summed E-state index contributed by atoms with van der Waals surface area (Å²) in [4.78, 5) is 36.7. The van der Waals surface area contributed by atoms with Gasteiger partial charge >= 0.3 is 0 Å². The molecule has 3 aromatic carbocycles. The molecule has 3 aromatic rings. The smallest absolute Gasteiger partial charge is 0.257 e. The molecule has 146 valence electrons. The third-order valence-corrected chi connectivity index (χ3v) is 4.22. The highest BCUT2D eigenvalue weighted by Crippen LogP contribution is 2.18. The molecule has 0 aliphatic rings. The second kappa shape index (κ2) is 9.32. The van der Waals surface area contributed by atoms with Gasteiger partial charge in [-0.1, -0.05) is 42.5 Å². The van der Waals surface area contributed by atoms with Gasteiger partial charge in [-0.2, -0.15) is 0 Å². The fraction of sp³-hybridized carbons (Fsp3) is 0.0870. The van der Waals surface area contributed by atoms with Crippen LogP contribution in [0.15, 0.2) is 78.9 Å². The van der Waals surface area contributed by atoms with Crippen LogP contribution < -0.4 is 16.0 Å². The van der Waals surface area contributed by atoms with Crippen molar-refractivity contribution in [1.82, 2.24) is 0 Å². The van der Waals surface area contributed by atoms with E-state index in [4.69, 9.17) is 0 Å². The van der Waals surface area contributed by atoms with Crippen LogP contribution in [0.3, 0.4) is 0 Å². The summed E-state index contributed by atoms with van der Waals surface area (Å²) < 4.78 is 0. The second-order valence-electron chi connectivity index (χ2n) is 6.37. The van der Waals surface area contributed by atoms with Crippen molar-refractivity contribution in [2.24, 2.45) is 0 Å². The van der Waals surface area contributed by atoms with Crippen molar-refractivity contribution in [2.75, 3.05) is 22.5 Å². The molecule has 0 heterocycles. The van der Waals surface area contributed by atoms with E-state index in [0.29, 0.717) is 28.2 Å². The van der Waals surface area contributed by atoms with Crippen LogP contribution in [0.1, 0.15) is 27.6 Å². The minimum atomic E-state index is -0.330. The van der Waals surface area contributed by atoms with E-state index < -0.39 is 0 Å². The molecule has 0 unspecified atom stereocenters. The van der Waals surface area contributed by atoms with E-state index in [1.165, 1.54) is 6.92 Å². The second-order valence-corrected chi connectivity index (χ2v) is 6.37. The Kier molecular flexibility index (Phi) is 6.37. The number of ketones is 1. The molecule has 0 atom stereocenters. The lowest BCUT2D eigenvalue weighted by molar-refractivity contribution is -0.114. The zero-order valence-electron chi connectivity index (χ0n) is 15.9. The average Bonchev–Trinajstić information content (AvgIpc) is 2.73. The van der Waals surface area contributed by atoms with Crippen LogP contribution in [0.25, 0.3) is 0 Å². The first-order valence-electron chi connectivity index (χ1n) is 9.13. The van der Waals surface area contributed by atoms with Gasteiger partial charge in [0.05, 0.1) is 17.8 Å². The lowest BCUT2D eigenvalue weighted by Gasteiger charge is -2.13. The number of Topliss-reactive ketones (excluding diaryl/α,β-unsaturated/α-hetero) is 1. The molecule has 0 aliphatic heterocycles. The van der Waals surface area contributed by atoms with Gasteiger partial charge in [-0.15, -0.1) is 0 Å². The van der Waals surface area contributed by atoms with Gasteiger partial charge in [0.2, 0.25) is 5.91 Å². The lowest BCUT2D eigenvalue weighted by atomic mass is 10.1. The monoisotopic (exact) mass is 387 g/mol. The van der Waals surface area contributed by atoms with E-state index in [1.54, 1.807) is 60.7 Å². The predicted molar refractivity (Wildman–Crippen MR) is 114 cm³/mol. The molecule has 2 amide bonds. The highest BCUT2D eigenvalue weighted by Gasteiger charge is 2.14. The highest BCUT2D eigenvalue weighted by molar-refractivity contribution is 6.10. The SMILES string of the molecule is CC(=O)c1ccccc1NCC(=O)Nc1ccccc1C(=O)Nc1ccccc1. The number of anilines is 3. The molecule has 3 N–H and O–H groups in total. The fourth-order valence-electron chi connectivity index (χ4n) is 2.82. The minimum absolute atomic E-state index is 0.0427. The third-order valence-electron chi connectivity index (χ3n) is 4.22. The van der Waals surface area contributed by atoms with Gasteiger partial charge in [-0.05, 0) is 43.3 Å². The van der Waals surface area contributed by atoms with Crippen molar-refractivity contribution < 1.29 is 14.4 Å². The summed E-state index contributed by atoms with van der Waals surface area (Å²) in [7, 11) is 0. The molecule has 3 rings (SSSR count). The molecule has 6 heteroatoms. The Morgan fingerprint density at radius 2 is 1.28 bits per heavy atom. The maximum atomic E-state index is 12.6. The van der Waals surface area contributed by atoms with Crippen LogP contribution in [-0.4, -0.2) is 24.1 Å². The van der Waals surface area contributed by atoms with Crippen molar-refractivity contribution in [2.45, 2.75) is 6.92 Å². The highest BCUT2D eigenvalue weighted by atomic mass is 16.2. The van der Waals surface area contributed by atoms with Gasteiger partial charge in [-0.25, -0.2) is 0 Å². The van der Waals surface area contributed by atoms with Crippen LogP contribution in [-0.2, 0) is 4.79 Å². The van der Waals surface area contributed by atoms with Gasteiger partial charge in [-0.3, -0.25) is 14.4 Å². The molecule has 0 radical (unpaired) electrons. The molecule has 0 saturated heterocycles. The summed E-state index contributed by atoms with van der Waals surface area (Å²) in [6.07, 6.45) is 0. The number of hydrogen-bond acceptors (Lipinski definition) is 4. The zero-order chi connectivity index (χ0) is 20.6. The zero-order valence-corrected chi connectivity index (χ0v) is 15.9. The number of benzene rings is 3. The minimum Gasteiger partial charge on any atom is -0.376 e. The van der Waals surface area contributed by atoms with Crippen LogP contribution in [0.2, 0.25) is 0 Å². The van der Waals surface area contributed by atoms with Crippen molar-refractivity contribution >= 4 is 34.7 Å². The van der Waals surface area contributed by atoms with Crippen molar-refractivity contribution in [1.29, 1.82) is 0 Å². The van der Waals surface area contributed by atoms with Gasteiger partial charge in [0.25, 0.3) is 5.91 Å². The summed E-state index contributed by atoms with van der Waals surface area (Å²) in [6, 6.07) is 22.9. The van der Waals surface area contributed by atoms with Crippen LogP contribution in [0.5, 0.6) is 0 Å². The average molecular weight is 387 g/mol. The molecule has 29 heavy (non-hydrogen) atoms. The summed E-state index contributed by atoms with van der Waals surface area (Å²) in [5, 5.41) is 8.52. The first kappa shape index (κ1) is 19.8. The summed E-state index contributed by atoms with van der Waals surface area (Å²) in [6.45, 7) is 1.43. The van der Waals surface area contributed by atoms with E-state index in [-0.39, 0.29) is 24.1 Å². The molecule has 0 aliphatic carbocycles. The van der Waals surface area contributed by atoms with E-state index in [2.05, 4.69) is 16.0 Å². The van der Waals surface area contributed by atoms with Gasteiger partial charge < -0.3 is 16.0 Å². The van der Waals surface area contributed by atoms with E-state index in [1.807, 2.05) is 18.2 Å². The van der Waals surface area contributed by atoms with E-state index >= 15 is 0 Å². The van der Waals surface area contributed by atoms with E-state index in [9.17, 15) is 14.4 Å². The molecule has 0 aromatic heterocycles. The van der Waals surface area contributed by atoms with E-state index in [0.717, 1.165) is 0 Å². The summed E-state index contributed by atoms with van der Waals surface area (Å²) in [5.41, 5.74) is 2.54. The van der Waals surface area contributed by atoms with Gasteiger partial charge in [0.15, 0.2) is 5.78 Å². The fourth-order valence-corrected chi connectivity index (χ4v) is 2.82. The number of rotatable bonds is 7. The molecular weight excluding hydrogens is 366 g/mol. The van der Waals surface area contributed by atoms with Crippen LogP contribution in [0, 0.1) is 0 Å². The molecule has 0 saturated carbocycles. The van der Waals surface area contributed by atoms with Crippen molar-refractivity contribution in [3.05, 3.63) is 90.0 Å². The normalized spacial score (nSPS) is 10.1. The molecule has 0 bridgehead atoms. The first-order valence-corrected chi connectivity index (χ1v) is 9.13. The lowest BCUT2D eigenvalue weighted by Crippen LogP contribution is -2.24. The number of carbonyl (C=O) groups is 3. The largest absolute Gasteiger partial charge is 0.376 e. The van der Waals surface area contributed by atoms with Gasteiger partial charge in [0.1, 0.15) is 0 Å². The topological polar surface area (TPSA) is 87.3 Å². The predicted octanol–water partition coefficient (Wildman–Crippen LogP) is 4.19. The quantitative estimate of drug-likeness (QED) is 0.531. The standard InChI is InChI=1S/C23H21N3O3/c1-16(27)18-11-5-7-13-20(18)24-15-22(28)26-21-14-8-6-12-19(21)23(29)25-17-9-3-2-4-10-17/h2-14,24H,15H2,1H3,(H,25,29)(H,26,28). The maximum Gasteiger partial charge on any atom is 0.257 e. The first-order chi connectivity index (χ1) is 14.0. The molecule has 6 nitrogen and oxygen atoms in total. The van der Waals surface area contributed by atoms with Crippen molar-refractivity contribution in [3.63, 3.8) is 0 Å². The third kappa shape index (κ3) is 5.29. The Morgan fingerprint density at radius 3 is 1.97 bits per heavy atom. The Balaban J connectivity index is 1.67. The Hall–Kier alpha value is -3.93. The number of amides is 2. The number of nitrogens with one attached hydrogen (secondary N) is 3. The van der Waals surface area contributed by atoms with Crippen LogP contribution in [0.4, 0.5) is 17.1 Å². The Labute approximate surface area is 169 Å². The molecule has 0 spiro atoms. The number of carbonyl (C=O) groups excluding carboxylic acids is 3. The number of para-hydroxylation sites is 3. The van der Waals surface area contributed by atoms with Crippen LogP contribution >= 0.6 is 0 Å². The number of hydrogen-bond donors (Lipinski definition) is 3. The maximum absolute atomic E-state index is 12.6. The van der Waals surface area contributed by atoms with Gasteiger partial charge in [0, 0.05) is 16.9 Å². The molecular formula is C23H21N3O3. The van der Waals surface area contributed by atoms with Crippen molar-refractivity contribution in [3.8, 4) is 0 Å². The Morgan fingerprint density at radius 1 is 0.690 bits per heavy atom. The summed E-state index contributed by atoms with van der Waals surface area (Å²) >= 11 is 0.